The summed E-state index contributed by atoms with van der Waals surface area (Å²) < 4.78 is 11.4. The first-order valence-electron chi connectivity index (χ1n) is 10.6. The summed E-state index contributed by atoms with van der Waals surface area (Å²) in [6.45, 7) is 3.46. The molecule has 2 aliphatic rings. The molecule has 0 bridgehead atoms. The minimum atomic E-state index is -0.0714. The fourth-order valence-corrected chi connectivity index (χ4v) is 4.59. The lowest BCUT2D eigenvalue weighted by molar-refractivity contribution is -0.122. The van der Waals surface area contributed by atoms with Crippen LogP contribution in [-0.2, 0) is 16.1 Å². The van der Waals surface area contributed by atoms with Crippen LogP contribution in [0.15, 0.2) is 87.1 Å². The van der Waals surface area contributed by atoms with Crippen molar-refractivity contribution < 1.29 is 13.9 Å². The van der Waals surface area contributed by atoms with Gasteiger partial charge in [0.25, 0.3) is 5.91 Å². The van der Waals surface area contributed by atoms with E-state index >= 15 is 0 Å². The molecule has 0 aliphatic carbocycles. The highest BCUT2D eigenvalue weighted by Crippen LogP contribution is 2.36. The number of para-hydroxylation sites is 1. The number of morpholine rings is 1. The van der Waals surface area contributed by atoms with Gasteiger partial charge in [-0.15, -0.1) is 0 Å². The van der Waals surface area contributed by atoms with Crippen LogP contribution in [0.4, 0.5) is 11.6 Å². The zero-order valence-corrected chi connectivity index (χ0v) is 18.3. The normalized spacial score (nSPS) is 19.3. The van der Waals surface area contributed by atoms with E-state index < -0.39 is 0 Å². The van der Waals surface area contributed by atoms with Crippen molar-refractivity contribution in [1.29, 1.82) is 0 Å². The van der Waals surface area contributed by atoms with Gasteiger partial charge in [0.15, 0.2) is 11.1 Å². The van der Waals surface area contributed by atoms with Crippen molar-refractivity contribution in [3.8, 4) is 0 Å². The Kier molecular flexibility index (Phi) is 6.09. The molecule has 32 heavy (non-hydrogen) atoms. The van der Waals surface area contributed by atoms with E-state index in [1.54, 1.807) is 4.90 Å². The number of furan rings is 1. The summed E-state index contributed by atoms with van der Waals surface area (Å²) in [5, 5.41) is 0.663. The average molecular weight is 446 g/mol. The highest BCUT2D eigenvalue weighted by molar-refractivity contribution is 8.18. The molecule has 6 nitrogen and oxygen atoms in total. The predicted octanol–water partition coefficient (Wildman–Crippen LogP) is 4.92. The predicted molar refractivity (Wildman–Crippen MR) is 128 cm³/mol. The number of nitrogens with zero attached hydrogens (tertiary/aromatic N) is 3. The summed E-state index contributed by atoms with van der Waals surface area (Å²) >= 11 is 1.37. The number of rotatable bonds is 5. The molecular weight excluding hydrogens is 422 g/mol. The Bertz CT molecular complexity index is 1140. The Hall–Kier alpha value is -3.29. The Labute approximate surface area is 191 Å². The zero-order chi connectivity index (χ0) is 21.8. The number of thioether (sulfide) groups is 1. The minimum Gasteiger partial charge on any atom is -0.441 e. The van der Waals surface area contributed by atoms with Gasteiger partial charge in [-0.05, 0) is 35.5 Å². The van der Waals surface area contributed by atoms with Crippen LogP contribution in [0.2, 0.25) is 0 Å². The minimum absolute atomic E-state index is 0.0714. The topological polar surface area (TPSA) is 58.3 Å². The Morgan fingerprint density at radius 2 is 1.66 bits per heavy atom. The Balaban J connectivity index is 1.42. The molecule has 0 N–H and O–H groups in total. The van der Waals surface area contributed by atoms with E-state index in [1.165, 1.54) is 11.8 Å². The van der Waals surface area contributed by atoms with Crippen molar-refractivity contribution in [2.24, 2.45) is 4.99 Å². The average Bonchev–Trinajstić information content (AvgIpc) is 3.42. The van der Waals surface area contributed by atoms with Crippen LogP contribution in [0.25, 0.3) is 6.08 Å². The number of amidine groups is 1. The van der Waals surface area contributed by atoms with Crippen molar-refractivity contribution in [2.45, 2.75) is 6.54 Å². The lowest BCUT2D eigenvalue weighted by Gasteiger charge is -2.26. The van der Waals surface area contributed by atoms with Gasteiger partial charge in [-0.25, -0.2) is 4.99 Å². The van der Waals surface area contributed by atoms with Gasteiger partial charge in [0.1, 0.15) is 5.76 Å². The molecule has 0 unspecified atom stereocenters. The maximum absolute atomic E-state index is 13.3. The molecule has 0 saturated carbocycles. The molecular formula is C25H23N3O3S. The first-order chi connectivity index (χ1) is 15.8. The number of carbonyl (C=O) groups excluding carboxylic acids is 1. The molecule has 0 atom stereocenters. The lowest BCUT2D eigenvalue weighted by Crippen LogP contribution is -2.35. The molecule has 3 aromatic rings. The van der Waals surface area contributed by atoms with Crippen LogP contribution in [0.1, 0.15) is 11.3 Å². The van der Waals surface area contributed by atoms with Gasteiger partial charge >= 0.3 is 0 Å². The standard InChI is InChI=1S/C25H23N3O3S/c29-24-22(17-21-11-12-23(31-21)27-13-15-30-16-14-27)32-25(26-20-9-5-2-6-10-20)28(24)18-19-7-3-1-4-8-19/h1-12,17H,13-16,18H2/b22-17-,26-25?. The van der Waals surface area contributed by atoms with Crippen LogP contribution >= 0.6 is 11.8 Å². The van der Waals surface area contributed by atoms with Crippen LogP contribution in [-0.4, -0.2) is 42.3 Å². The first-order valence-corrected chi connectivity index (χ1v) is 11.4. The number of hydrogen-bond acceptors (Lipinski definition) is 6. The molecule has 5 rings (SSSR count). The van der Waals surface area contributed by atoms with Gasteiger partial charge in [-0.1, -0.05) is 48.5 Å². The maximum atomic E-state index is 13.3. The van der Waals surface area contributed by atoms with Crippen molar-refractivity contribution in [2.75, 3.05) is 31.2 Å². The lowest BCUT2D eigenvalue weighted by atomic mass is 10.2. The number of amides is 1. The quantitative estimate of drug-likeness (QED) is 0.522. The highest BCUT2D eigenvalue weighted by atomic mass is 32.2. The van der Waals surface area contributed by atoms with E-state index in [0.717, 1.165) is 30.2 Å². The fourth-order valence-electron chi connectivity index (χ4n) is 3.61. The maximum Gasteiger partial charge on any atom is 0.267 e. The molecule has 1 aromatic heterocycles. The van der Waals surface area contributed by atoms with Crippen molar-refractivity contribution in [1.82, 2.24) is 4.90 Å². The number of ether oxygens (including phenoxy) is 1. The molecule has 2 fully saturated rings. The number of aliphatic imine (C=N–C) groups is 1. The molecule has 1 amide bonds. The van der Waals surface area contributed by atoms with Gasteiger partial charge in [0.2, 0.25) is 0 Å². The molecule has 2 aromatic carbocycles. The van der Waals surface area contributed by atoms with Crippen LogP contribution in [0.3, 0.4) is 0 Å². The Morgan fingerprint density at radius 1 is 0.938 bits per heavy atom. The third-order valence-electron chi connectivity index (χ3n) is 5.26. The van der Waals surface area contributed by atoms with Crippen LogP contribution in [0, 0.1) is 0 Å². The second-order valence-electron chi connectivity index (χ2n) is 7.49. The number of benzene rings is 2. The molecule has 0 radical (unpaired) electrons. The number of hydrogen-bond donors (Lipinski definition) is 0. The second kappa shape index (κ2) is 9.46. The van der Waals surface area contributed by atoms with Crippen LogP contribution in [0.5, 0.6) is 0 Å². The third-order valence-corrected chi connectivity index (χ3v) is 6.27. The van der Waals surface area contributed by atoms with E-state index in [4.69, 9.17) is 14.1 Å². The molecule has 2 saturated heterocycles. The van der Waals surface area contributed by atoms with Gasteiger partial charge in [0.05, 0.1) is 30.4 Å². The molecule has 7 heteroatoms. The SMILES string of the molecule is O=C1/C(=C/c2ccc(N3CCOCC3)o2)SC(=Nc2ccccc2)N1Cc1ccccc1. The van der Waals surface area contributed by atoms with Gasteiger partial charge in [0, 0.05) is 25.2 Å². The number of carbonyl (C=O) groups is 1. The summed E-state index contributed by atoms with van der Waals surface area (Å²) in [4.78, 5) is 22.5. The van der Waals surface area contributed by atoms with Crippen molar-refractivity contribution >= 4 is 40.5 Å². The second-order valence-corrected chi connectivity index (χ2v) is 8.50. The van der Waals surface area contributed by atoms with E-state index in [2.05, 4.69) is 4.90 Å². The number of anilines is 1. The fraction of sp³-hybridized carbons (Fsp3) is 0.200. The molecule has 2 aliphatic heterocycles. The Morgan fingerprint density at radius 3 is 2.41 bits per heavy atom. The summed E-state index contributed by atoms with van der Waals surface area (Å²) in [6.07, 6.45) is 1.81. The van der Waals surface area contributed by atoms with E-state index in [0.29, 0.717) is 35.6 Å². The van der Waals surface area contributed by atoms with Gasteiger partial charge in [-0.2, -0.15) is 0 Å². The summed E-state index contributed by atoms with van der Waals surface area (Å²) in [5.74, 6) is 1.38. The van der Waals surface area contributed by atoms with Crippen molar-refractivity contribution in [3.63, 3.8) is 0 Å². The smallest absolute Gasteiger partial charge is 0.267 e. The van der Waals surface area contributed by atoms with E-state index in [9.17, 15) is 4.79 Å². The molecule has 0 spiro atoms. The van der Waals surface area contributed by atoms with Crippen LogP contribution < -0.4 is 4.90 Å². The zero-order valence-electron chi connectivity index (χ0n) is 17.5. The first kappa shape index (κ1) is 20.6. The summed E-state index contributed by atoms with van der Waals surface area (Å²) in [7, 11) is 0. The largest absolute Gasteiger partial charge is 0.441 e. The third kappa shape index (κ3) is 4.64. The van der Waals surface area contributed by atoms with Gasteiger partial charge < -0.3 is 14.1 Å². The van der Waals surface area contributed by atoms with Gasteiger partial charge in [-0.3, -0.25) is 9.69 Å². The highest BCUT2D eigenvalue weighted by Gasteiger charge is 2.33. The van der Waals surface area contributed by atoms with E-state index in [-0.39, 0.29) is 5.91 Å². The summed E-state index contributed by atoms with van der Waals surface area (Å²) in [6, 6.07) is 23.5. The monoisotopic (exact) mass is 445 g/mol. The summed E-state index contributed by atoms with van der Waals surface area (Å²) in [5.41, 5.74) is 1.87. The molecule has 3 heterocycles. The van der Waals surface area contributed by atoms with E-state index in [1.807, 2.05) is 78.9 Å². The van der Waals surface area contributed by atoms with Crippen molar-refractivity contribution in [3.05, 3.63) is 89.0 Å². The molecule has 162 valence electrons.